The van der Waals surface area contributed by atoms with Crippen LogP contribution in [0, 0.1) is 5.92 Å². The predicted octanol–water partition coefficient (Wildman–Crippen LogP) is 2.07. The molecule has 1 atom stereocenters. The number of anilines is 1. The highest BCUT2D eigenvalue weighted by atomic mass is 16.3. The van der Waals surface area contributed by atoms with Gasteiger partial charge in [0, 0.05) is 13.1 Å². The summed E-state index contributed by atoms with van der Waals surface area (Å²) in [6, 6.07) is 7.93. The van der Waals surface area contributed by atoms with Crippen LogP contribution in [0.2, 0.25) is 0 Å². The number of rotatable bonds is 5. The molecule has 0 bridgehead atoms. The topological polar surface area (TPSA) is 64.2 Å². The fourth-order valence-corrected chi connectivity index (χ4v) is 2.86. The van der Waals surface area contributed by atoms with Crippen molar-refractivity contribution >= 4 is 17.0 Å². The highest BCUT2D eigenvalue weighted by molar-refractivity contribution is 5.77. The summed E-state index contributed by atoms with van der Waals surface area (Å²) >= 11 is 0. The van der Waals surface area contributed by atoms with E-state index < -0.39 is 0 Å². The number of hydrogen-bond donors (Lipinski definition) is 3. The number of para-hydroxylation sites is 2. The fraction of sp³-hybridized carbons (Fsp3) is 0.562. The van der Waals surface area contributed by atoms with Gasteiger partial charge in [-0.05, 0) is 44.0 Å². The minimum Gasteiger partial charge on any atom is -0.390 e. The lowest BCUT2D eigenvalue weighted by Gasteiger charge is -2.31. The number of nitrogens with zero attached hydrogens (tertiary/aromatic N) is 2. The van der Waals surface area contributed by atoms with Crippen molar-refractivity contribution < 1.29 is 5.11 Å². The number of piperidine rings is 1. The molecule has 1 fully saturated rings. The van der Waals surface area contributed by atoms with Gasteiger partial charge in [-0.3, -0.25) is 0 Å². The molecule has 2 aromatic rings. The number of nitrogens with one attached hydrogen (secondary N) is 2. The zero-order valence-electron chi connectivity index (χ0n) is 12.5. The number of likely N-dealkylation sites (tertiary alicyclic amines) is 1. The summed E-state index contributed by atoms with van der Waals surface area (Å²) in [6.45, 7) is 5.76. The van der Waals surface area contributed by atoms with Gasteiger partial charge in [0.15, 0.2) is 0 Å². The van der Waals surface area contributed by atoms with E-state index in [0.29, 0.717) is 6.54 Å². The van der Waals surface area contributed by atoms with Crippen molar-refractivity contribution in [3.8, 4) is 0 Å². The van der Waals surface area contributed by atoms with Gasteiger partial charge in [0.05, 0.1) is 17.1 Å². The Labute approximate surface area is 125 Å². The summed E-state index contributed by atoms with van der Waals surface area (Å²) in [4.78, 5) is 10.0. The summed E-state index contributed by atoms with van der Waals surface area (Å²) in [5.41, 5.74) is 1.96. The molecule has 5 heteroatoms. The van der Waals surface area contributed by atoms with Gasteiger partial charge in [-0.15, -0.1) is 0 Å². The first kappa shape index (κ1) is 14.4. The molecule has 1 aliphatic heterocycles. The van der Waals surface area contributed by atoms with Gasteiger partial charge in [-0.1, -0.05) is 19.1 Å². The number of H-pyrrole nitrogens is 1. The molecule has 1 aromatic heterocycles. The lowest BCUT2D eigenvalue weighted by atomic mass is 9.99. The Balaban J connectivity index is 1.48. The van der Waals surface area contributed by atoms with Crippen molar-refractivity contribution in [2.75, 3.05) is 31.5 Å². The molecule has 1 aliphatic rings. The maximum atomic E-state index is 10.2. The second-order valence-electron chi connectivity index (χ2n) is 6.12. The second kappa shape index (κ2) is 6.45. The van der Waals surface area contributed by atoms with Gasteiger partial charge >= 0.3 is 0 Å². The van der Waals surface area contributed by atoms with Crippen LogP contribution < -0.4 is 5.32 Å². The van der Waals surface area contributed by atoms with Crippen LogP contribution in [0.1, 0.15) is 19.8 Å². The Morgan fingerprint density at radius 3 is 2.90 bits per heavy atom. The molecule has 0 spiro atoms. The van der Waals surface area contributed by atoms with E-state index in [0.717, 1.165) is 42.5 Å². The van der Waals surface area contributed by atoms with Crippen LogP contribution in [0.3, 0.4) is 0 Å². The van der Waals surface area contributed by atoms with Gasteiger partial charge in [0.1, 0.15) is 0 Å². The van der Waals surface area contributed by atoms with Crippen molar-refractivity contribution in [3.05, 3.63) is 24.3 Å². The highest BCUT2D eigenvalue weighted by Crippen LogP contribution is 2.16. The minimum absolute atomic E-state index is 0.369. The smallest absolute Gasteiger partial charge is 0.201 e. The second-order valence-corrected chi connectivity index (χ2v) is 6.12. The third-order valence-electron chi connectivity index (χ3n) is 4.24. The molecule has 21 heavy (non-hydrogen) atoms. The summed E-state index contributed by atoms with van der Waals surface area (Å²) in [6.07, 6.45) is 2.11. The number of fused-ring (bicyclic) bond motifs is 1. The first-order valence-corrected chi connectivity index (χ1v) is 7.80. The number of imidazole rings is 1. The highest BCUT2D eigenvalue weighted by Gasteiger charge is 2.18. The molecule has 3 rings (SSSR count). The van der Waals surface area contributed by atoms with Gasteiger partial charge in [0.25, 0.3) is 0 Å². The van der Waals surface area contributed by atoms with E-state index in [-0.39, 0.29) is 6.10 Å². The lowest BCUT2D eigenvalue weighted by molar-refractivity contribution is 0.0989. The quantitative estimate of drug-likeness (QED) is 0.788. The summed E-state index contributed by atoms with van der Waals surface area (Å²) in [7, 11) is 0. The molecule has 0 radical (unpaired) electrons. The van der Waals surface area contributed by atoms with Crippen LogP contribution in [0.4, 0.5) is 5.95 Å². The molecular formula is C16H24N4O. The van der Waals surface area contributed by atoms with Crippen molar-refractivity contribution in [2.24, 2.45) is 5.92 Å². The van der Waals surface area contributed by atoms with Gasteiger partial charge in [0.2, 0.25) is 5.95 Å². The van der Waals surface area contributed by atoms with Crippen molar-refractivity contribution in [1.82, 2.24) is 14.9 Å². The molecule has 0 saturated carbocycles. The predicted molar refractivity (Wildman–Crippen MR) is 85.4 cm³/mol. The molecule has 0 amide bonds. The lowest BCUT2D eigenvalue weighted by Crippen LogP contribution is -2.40. The molecule has 1 unspecified atom stereocenters. The number of benzene rings is 1. The maximum absolute atomic E-state index is 10.2. The van der Waals surface area contributed by atoms with Crippen molar-refractivity contribution in [3.63, 3.8) is 0 Å². The first-order valence-electron chi connectivity index (χ1n) is 7.80. The van der Waals surface area contributed by atoms with E-state index in [9.17, 15) is 5.11 Å². The number of aliphatic hydroxyl groups is 1. The minimum atomic E-state index is -0.369. The van der Waals surface area contributed by atoms with Crippen LogP contribution in [-0.2, 0) is 0 Å². The maximum Gasteiger partial charge on any atom is 0.201 e. The van der Waals surface area contributed by atoms with Crippen LogP contribution in [0.5, 0.6) is 0 Å². The van der Waals surface area contributed by atoms with E-state index >= 15 is 0 Å². The Morgan fingerprint density at radius 2 is 2.14 bits per heavy atom. The van der Waals surface area contributed by atoms with Crippen LogP contribution >= 0.6 is 0 Å². The monoisotopic (exact) mass is 288 g/mol. The third kappa shape index (κ3) is 3.74. The van der Waals surface area contributed by atoms with Crippen LogP contribution in [0.15, 0.2) is 24.3 Å². The normalized spacial score (nSPS) is 19.0. The number of aromatic nitrogens is 2. The Bertz CT molecular complexity index is 541. The van der Waals surface area contributed by atoms with E-state index in [1.54, 1.807) is 0 Å². The zero-order valence-corrected chi connectivity index (χ0v) is 12.5. The number of aliphatic hydroxyl groups excluding tert-OH is 1. The number of β-amino-alcohol motifs (C(OH)–C–C–N with tert-alkyl or cyclic N) is 1. The molecule has 0 aliphatic carbocycles. The average molecular weight is 288 g/mol. The number of aromatic amines is 1. The summed E-state index contributed by atoms with van der Waals surface area (Å²) < 4.78 is 0. The van der Waals surface area contributed by atoms with E-state index in [1.807, 2.05) is 24.3 Å². The third-order valence-corrected chi connectivity index (χ3v) is 4.24. The Morgan fingerprint density at radius 1 is 1.38 bits per heavy atom. The molecule has 5 nitrogen and oxygen atoms in total. The Kier molecular flexibility index (Phi) is 4.41. The molecule has 114 valence electrons. The molecular weight excluding hydrogens is 264 g/mol. The van der Waals surface area contributed by atoms with Gasteiger partial charge in [-0.25, -0.2) is 4.98 Å². The summed E-state index contributed by atoms with van der Waals surface area (Å²) in [5, 5.41) is 13.3. The van der Waals surface area contributed by atoms with Crippen molar-refractivity contribution in [2.45, 2.75) is 25.9 Å². The first-order chi connectivity index (χ1) is 10.2. The van der Waals surface area contributed by atoms with Gasteiger partial charge in [-0.2, -0.15) is 0 Å². The fourth-order valence-electron chi connectivity index (χ4n) is 2.86. The standard InChI is InChI=1S/C16H24N4O/c1-12-6-8-20(9-7-12)11-13(21)10-17-16-18-14-4-2-3-5-15(14)19-16/h2-5,12-13,21H,6-11H2,1H3,(H2,17,18,19). The van der Waals surface area contributed by atoms with E-state index in [4.69, 9.17) is 0 Å². The van der Waals surface area contributed by atoms with E-state index in [1.165, 1.54) is 12.8 Å². The van der Waals surface area contributed by atoms with Crippen LogP contribution in [0.25, 0.3) is 11.0 Å². The summed E-state index contributed by atoms with van der Waals surface area (Å²) in [5.74, 6) is 1.55. The zero-order chi connectivity index (χ0) is 14.7. The largest absolute Gasteiger partial charge is 0.390 e. The van der Waals surface area contributed by atoms with E-state index in [2.05, 4.69) is 27.1 Å². The van der Waals surface area contributed by atoms with Crippen molar-refractivity contribution in [1.29, 1.82) is 0 Å². The molecule has 1 saturated heterocycles. The Hall–Kier alpha value is -1.59. The van der Waals surface area contributed by atoms with Crippen LogP contribution in [-0.4, -0.2) is 52.3 Å². The van der Waals surface area contributed by atoms with Gasteiger partial charge < -0.3 is 20.3 Å². The number of hydrogen-bond acceptors (Lipinski definition) is 4. The average Bonchev–Trinajstić information content (AvgIpc) is 2.90. The molecule has 2 heterocycles. The molecule has 3 N–H and O–H groups in total. The molecule has 1 aromatic carbocycles. The SMILES string of the molecule is CC1CCN(CC(O)CNc2nc3ccccc3[nH]2)CC1.